The summed E-state index contributed by atoms with van der Waals surface area (Å²) in [5.41, 5.74) is 3.26. The van der Waals surface area contributed by atoms with Crippen LogP contribution >= 0.6 is 0 Å². The van der Waals surface area contributed by atoms with Crippen molar-refractivity contribution in [3.05, 3.63) is 71.2 Å². The van der Waals surface area contributed by atoms with Crippen molar-refractivity contribution in [1.29, 1.82) is 0 Å². The Morgan fingerprint density at radius 1 is 1.03 bits per heavy atom. The number of nitrogens with one attached hydrogen (secondary N) is 1. The highest BCUT2D eigenvalue weighted by molar-refractivity contribution is 5.94. The zero-order valence-corrected chi connectivity index (χ0v) is 20.1. The van der Waals surface area contributed by atoms with E-state index < -0.39 is 0 Å². The molecule has 4 rings (SSSR count). The fourth-order valence-electron chi connectivity index (χ4n) is 4.44. The van der Waals surface area contributed by atoms with Gasteiger partial charge in [-0.25, -0.2) is 0 Å². The van der Waals surface area contributed by atoms with E-state index in [4.69, 9.17) is 4.42 Å². The zero-order valence-electron chi connectivity index (χ0n) is 20.1. The second-order valence-corrected chi connectivity index (χ2v) is 9.77. The van der Waals surface area contributed by atoms with Gasteiger partial charge in [-0.05, 0) is 35.4 Å². The van der Waals surface area contributed by atoms with Crippen molar-refractivity contribution < 1.29 is 9.21 Å². The number of rotatable bonds is 8. The summed E-state index contributed by atoms with van der Waals surface area (Å²) in [6.07, 6.45) is 4.94. The fourth-order valence-corrected chi connectivity index (χ4v) is 4.44. The average molecular weight is 450 g/mol. The van der Waals surface area contributed by atoms with Gasteiger partial charge < -0.3 is 14.3 Å². The molecule has 1 aliphatic heterocycles. The number of fused-ring (bicyclic) bond motifs is 1. The summed E-state index contributed by atoms with van der Waals surface area (Å²) < 4.78 is 7.26. The normalized spacial score (nSPS) is 15.5. The maximum Gasteiger partial charge on any atom is 0.255 e. The highest BCUT2D eigenvalue weighted by Gasteiger charge is 2.28. The van der Waals surface area contributed by atoms with E-state index in [1.54, 1.807) is 6.07 Å². The van der Waals surface area contributed by atoms with Crippen LogP contribution in [-0.4, -0.2) is 38.7 Å². The predicted molar refractivity (Wildman–Crippen MR) is 128 cm³/mol. The summed E-state index contributed by atoms with van der Waals surface area (Å²) in [6.45, 7) is 12.3. The molecule has 3 heterocycles. The van der Waals surface area contributed by atoms with Gasteiger partial charge in [0.2, 0.25) is 0 Å². The van der Waals surface area contributed by atoms with E-state index >= 15 is 0 Å². The van der Waals surface area contributed by atoms with E-state index in [-0.39, 0.29) is 17.9 Å². The zero-order chi connectivity index (χ0) is 23.4. The van der Waals surface area contributed by atoms with E-state index in [0.29, 0.717) is 11.5 Å². The minimum atomic E-state index is -0.214. The number of hydrogen-bond acceptors (Lipinski definition) is 5. The van der Waals surface area contributed by atoms with Crippen LogP contribution in [0.1, 0.15) is 66.9 Å². The lowest BCUT2D eigenvalue weighted by Crippen LogP contribution is -2.34. The summed E-state index contributed by atoms with van der Waals surface area (Å²) in [4.78, 5) is 15.1. The number of aromatic nitrogens is 3. The maximum absolute atomic E-state index is 12.7. The molecular weight excluding hydrogens is 414 g/mol. The minimum absolute atomic E-state index is 0.157. The lowest BCUT2D eigenvalue weighted by atomic mass is 10.0. The van der Waals surface area contributed by atoms with E-state index in [9.17, 15) is 4.79 Å². The first-order valence-corrected chi connectivity index (χ1v) is 12.0. The third-order valence-electron chi connectivity index (χ3n) is 6.24. The summed E-state index contributed by atoms with van der Waals surface area (Å²) in [5.74, 6) is 2.51. The summed E-state index contributed by atoms with van der Waals surface area (Å²) in [7, 11) is 0. The van der Waals surface area contributed by atoms with Gasteiger partial charge in [0.05, 0.1) is 17.9 Å². The highest BCUT2D eigenvalue weighted by Crippen LogP contribution is 2.23. The Hall–Kier alpha value is -2.93. The number of furan rings is 1. The third kappa shape index (κ3) is 5.71. The second-order valence-electron chi connectivity index (χ2n) is 9.77. The molecule has 0 unspecified atom stereocenters. The van der Waals surface area contributed by atoms with E-state index in [2.05, 4.69) is 76.9 Å². The molecule has 2 aromatic heterocycles. The first-order chi connectivity index (χ1) is 15.9. The summed E-state index contributed by atoms with van der Waals surface area (Å²) in [6, 6.07) is 10.5. The first-order valence-electron chi connectivity index (χ1n) is 12.0. The monoisotopic (exact) mass is 449 g/mol. The maximum atomic E-state index is 12.7. The van der Waals surface area contributed by atoms with Gasteiger partial charge >= 0.3 is 0 Å². The molecule has 1 N–H and O–H groups in total. The van der Waals surface area contributed by atoms with Crippen molar-refractivity contribution in [2.24, 2.45) is 11.8 Å². The van der Waals surface area contributed by atoms with Crippen molar-refractivity contribution in [1.82, 2.24) is 25.0 Å². The van der Waals surface area contributed by atoms with E-state index in [1.807, 2.05) is 0 Å². The minimum Gasteiger partial charge on any atom is -0.472 e. The van der Waals surface area contributed by atoms with Gasteiger partial charge in [-0.2, -0.15) is 0 Å². The molecule has 0 spiro atoms. The van der Waals surface area contributed by atoms with Crippen molar-refractivity contribution in [2.75, 3.05) is 13.1 Å². The molecule has 1 aliphatic rings. The van der Waals surface area contributed by atoms with Crippen molar-refractivity contribution in [2.45, 2.75) is 59.7 Å². The van der Waals surface area contributed by atoms with Crippen LogP contribution < -0.4 is 5.32 Å². The number of nitrogens with zero attached hydrogens (tertiary/aromatic N) is 4. The molecule has 33 heavy (non-hydrogen) atoms. The Balaban J connectivity index is 1.42. The topological polar surface area (TPSA) is 76.2 Å². The SMILES string of the molecule is CC(C)Cc1ccc(CN2CCc3nnc([C@H](NC(=O)c4ccoc4)C(C)C)n3CC2)cc1. The number of carbonyl (C=O) groups is 1. The van der Waals surface area contributed by atoms with Gasteiger partial charge in [0.25, 0.3) is 5.91 Å². The molecule has 0 aliphatic carbocycles. The fraction of sp³-hybridized carbons (Fsp3) is 0.500. The van der Waals surface area contributed by atoms with Gasteiger partial charge in [0.15, 0.2) is 5.82 Å². The molecule has 0 radical (unpaired) electrons. The van der Waals surface area contributed by atoms with Crippen LogP contribution in [0.5, 0.6) is 0 Å². The standard InChI is InChI=1S/C26H35N5O2/c1-18(2)15-20-5-7-21(8-6-20)16-30-11-9-23-28-29-25(31(23)13-12-30)24(19(3)4)27-26(32)22-10-14-33-17-22/h5-8,10,14,17-19,24H,9,11-13,15-16H2,1-4H3,(H,27,32)/t24-/m1/s1. The van der Waals surface area contributed by atoms with Gasteiger partial charge in [-0.1, -0.05) is 52.0 Å². The molecule has 176 valence electrons. The van der Waals surface area contributed by atoms with Crippen LogP contribution in [0.3, 0.4) is 0 Å². The molecular formula is C26H35N5O2. The van der Waals surface area contributed by atoms with Crippen LogP contribution in [0, 0.1) is 11.8 Å². The molecule has 7 nitrogen and oxygen atoms in total. The number of benzene rings is 1. The molecule has 7 heteroatoms. The summed E-state index contributed by atoms with van der Waals surface area (Å²) in [5, 5.41) is 12.1. The van der Waals surface area contributed by atoms with Crippen molar-refractivity contribution in [3.8, 4) is 0 Å². The lowest BCUT2D eigenvalue weighted by molar-refractivity contribution is 0.0921. The Morgan fingerprint density at radius 2 is 1.79 bits per heavy atom. The molecule has 0 fully saturated rings. The summed E-state index contributed by atoms with van der Waals surface area (Å²) >= 11 is 0. The highest BCUT2D eigenvalue weighted by atomic mass is 16.3. The average Bonchev–Trinajstić information content (AvgIpc) is 3.41. The van der Waals surface area contributed by atoms with E-state index in [0.717, 1.165) is 50.7 Å². The second kappa shape index (κ2) is 10.3. The van der Waals surface area contributed by atoms with Crippen LogP contribution in [-0.2, 0) is 25.9 Å². The van der Waals surface area contributed by atoms with Crippen LogP contribution in [0.15, 0.2) is 47.3 Å². The Morgan fingerprint density at radius 3 is 2.45 bits per heavy atom. The largest absolute Gasteiger partial charge is 0.472 e. The number of carbonyl (C=O) groups excluding carboxylic acids is 1. The van der Waals surface area contributed by atoms with Gasteiger partial charge in [0, 0.05) is 32.6 Å². The smallest absolute Gasteiger partial charge is 0.255 e. The van der Waals surface area contributed by atoms with Crippen molar-refractivity contribution in [3.63, 3.8) is 0 Å². The Labute approximate surface area is 196 Å². The molecule has 0 saturated carbocycles. The van der Waals surface area contributed by atoms with Crippen LogP contribution in [0.4, 0.5) is 0 Å². The molecule has 1 atom stereocenters. The molecule has 3 aromatic rings. The van der Waals surface area contributed by atoms with Gasteiger partial charge in [-0.3, -0.25) is 9.69 Å². The predicted octanol–water partition coefficient (Wildman–Crippen LogP) is 4.26. The van der Waals surface area contributed by atoms with Gasteiger partial charge in [-0.15, -0.1) is 10.2 Å². The Kier molecular flexibility index (Phi) is 7.28. The molecule has 0 saturated heterocycles. The molecule has 0 bridgehead atoms. The number of amides is 1. The van der Waals surface area contributed by atoms with Gasteiger partial charge in [0.1, 0.15) is 12.1 Å². The molecule has 1 aromatic carbocycles. The van der Waals surface area contributed by atoms with E-state index in [1.165, 1.54) is 23.7 Å². The number of hydrogen-bond donors (Lipinski definition) is 1. The van der Waals surface area contributed by atoms with Crippen molar-refractivity contribution >= 4 is 5.91 Å². The van der Waals surface area contributed by atoms with Crippen LogP contribution in [0.2, 0.25) is 0 Å². The lowest BCUT2D eigenvalue weighted by Gasteiger charge is -2.23. The third-order valence-corrected chi connectivity index (χ3v) is 6.24. The van der Waals surface area contributed by atoms with Crippen LogP contribution in [0.25, 0.3) is 0 Å². The first kappa shape index (κ1) is 23.2. The Bertz CT molecular complexity index is 1040. The quantitative estimate of drug-likeness (QED) is 0.556. The molecule has 1 amide bonds.